The average Bonchev–Trinajstić information content (AvgIpc) is 2.70. The lowest BCUT2D eigenvalue weighted by Gasteiger charge is -2.24. The Morgan fingerprint density at radius 3 is 2.58 bits per heavy atom. The maximum atomic E-state index is 12.1. The van der Waals surface area contributed by atoms with E-state index in [4.69, 9.17) is 11.6 Å². The van der Waals surface area contributed by atoms with E-state index in [2.05, 4.69) is 9.71 Å². The van der Waals surface area contributed by atoms with Gasteiger partial charge in [-0.15, -0.1) is 11.6 Å². The molecule has 1 aromatic heterocycles. The van der Waals surface area contributed by atoms with Gasteiger partial charge in [-0.3, -0.25) is 0 Å². The Morgan fingerprint density at radius 2 is 2.05 bits per heavy atom. The van der Waals surface area contributed by atoms with Gasteiger partial charge < -0.3 is 4.57 Å². The summed E-state index contributed by atoms with van der Waals surface area (Å²) in [6.45, 7) is 2.25. The molecule has 0 saturated heterocycles. The third kappa shape index (κ3) is 3.70. The van der Waals surface area contributed by atoms with Gasteiger partial charge in [0, 0.05) is 25.2 Å². The highest BCUT2D eigenvalue weighted by Gasteiger charge is 2.23. The van der Waals surface area contributed by atoms with Crippen LogP contribution in [0.3, 0.4) is 0 Å². The number of rotatable bonds is 4. The van der Waals surface area contributed by atoms with Gasteiger partial charge in [0.2, 0.25) is 0 Å². The van der Waals surface area contributed by atoms with E-state index in [0.29, 0.717) is 18.3 Å². The van der Waals surface area contributed by atoms with E-state index in [1.807, 2.05) is 0 Å². The molecule has 1 aliphatic carbocycles. The van der Waals surface area contributed by atoms with E-state index in [-0.39, 0.29) is 10.4 Å². The molecular weight excluding hydrogens is 286 g/mol. The van der Waals surface area contributed by atoms with Crippen molar-refractivity contribution in [1.82, 2.24) is 14.3 Å². The first kappa shape index (κ1) is 14.8. The molecular formula is C12H20ClN3O2S. The van der Waals surface area contributed by atoms with Gasteiger partial charge in [-0.2, -0.15) is 0 Å². The third-order valence-corrected chi connectivity index (χ3v) is 5.43. The lowest BCUT2D eigenvalue weighted by molar-refractivity contribution is 0.361. The Morgan fingerprint density at radius 1 is 1.42 bits per heavy atom. The molecule has 1 aliphatic rings. The SMILES string of the molecule is Cc1nc(S(=O)(=O)NCC2CCC(Cl)CC2)cn1C. The molecule has 1 heterocycles. The van der Waals surface area contributed by atoms with Gasteiger partial charge in [-0.05, 0) is 38.5 Å². The van der Waals surface area contributed by atoms with Crippen LogP contribution in [0.4, 0.5) is 0 Å². The lowest BCUT2D eigenvalue weighted by atomic mass is 9.89. The zero-order valence-corrected chi connectivity index (χ0v) is 12.8. The Hall–Kier alpha value is -0.590. The van der Waals surface area contributed by atoms with E-state index in [1.54, 1.807) is 18.5 Å². The summed E-state index contributed by atoms with van der Waals surface area (Å²) in [5, 5.41) is 0.352. The number of aryl methyl sites for hydroxylation is 2. The smallest absolute Gasteiger partial charge is 0.259 e. The van der Waals surface area contributed by atoms with Crippen LogP contribution in [0.25, 0.3) is 0 Å². The molecule has 7 heteroatoms. The molecule has 1 fully saturated rings. The second-order valence-corrected chi connectivity index (χ2v) is 7.54. The quantitative estimate of drug-likeness (QED) is 0.863. The van der Waals surface area contributed by atoms with Gasteiger partial charge in [0.15, 0.2) is 5.03 Å². The van der Waals surface area contributed by atoms with Gasteiger partial charge in [0.1, 0.15) is 5.82 Å². The zero-order valence-electron chi connectivity index (χ0n) is 11.3. The molecule has 5 nitrogen and oxygen atoms in total. The van der Waals surface area contributed by atoms with Crippen LogP contribution in [0, 0.1) is 12.8 Å². The van der Waals surface area contributed by atoms with Crippen LogP contribution < -0.4 is 4.72 Å². The molecule has 108 valence electrons. The van der Waals surface area contributed by atoms with E-state index in [1.165, 1.54) is 6.20 Å². The van der Waals surface area contributed by atoms with Crippen molar-refractivity contribution < 1.29 is 8.42 Å². The molecule has 0 aromatic carbocycles. The molecule has 0 unspecified atom stereocenters. The Balaban J connectivity index is 1.94. The third-order valence-electron chi connectivity index (χ3n) is 3.70. The number of imidazole rings is 1. The van der Waals surface area contributed by atoms with Gasteiger partial charge in [-0.25, -0.2) is 18.1 Å². The van der Waals surface area contributed by atoms with Crippen LogP contribution in [-0.4, -0.2) is 29.9 Å². The summed E-state index contributed by atoms with van der Waals surface area (Å²) in [6.07, 6.45) is 5.44. The number of nitrogens with one attached hydrogen (secondary N) is 1. The van der Waals surface area contributed by atoms with E-state index in [9.17, 15) is 8.42 Å². The maximum Gasteiger partial charge on any atom is 0.259 e. The predicted octanol–water partition coefficient (Wildman–Crippen LogP) is 1.80. The highest BCUT2D eigenvalue weighted by molar-refractivity contribution is 7.89. The Bertz CT molecular complexity index is 514. The van der Waals surface area contributed by atoms with Crippen molar-refractivity contribution in [3.63, 3.8) is 0 Å². The van der Waals surface area contributed by atoms with Crippen LogP contribution in [0.5, 0.6) is 0 Å². The molecule has 19 heavy (non-hydrogen) atoms. The summed E-state index contributed by atoms with van der Waals surface area (Å²) < 4.78 is 28.5. The van der Waals surface area contributed by atoms with Crippen LogP contribution in [-0.2, 0) is 17.1 Å². The number of sulfonamides is 1. The lowest BCUT2D eigenvalue weighted by Crippen LogP contribution is -2.31. The van der Waals surface area contributed by atoms with Crippen molar-refractivity contribution in [2.24, 2.45) is 13.0 Å². The average molecular weight is 306 g/mol. The molecule has 0 amide bonds. The molecule has 0 atom stereocenters. The summed E-state index contributed by atoms with van der Waals surface area (Å²) in [5.74, 6) is 1.07. The molecule has 0 aliphatic heterocycles. The standard InChI is InChI=1S/C12H20ClN3O2S/c1-9-15-12(8-16(9)2)19(17,18)14-7-10-3-5-11(13)6-4-10/h8,10-11,14H,3-7H2,1-2H3. The molecule has 1 N–H and O–H groups in total. The first-order chi connectivity index (χ1) is 8.88. The van der Waals surface area contributed by atoms with Gasteiger partial charge in [0.05, 0.1) is 0 Å². The summed E-state index contributed by atoms with van der Waals surface area (Å²) in [5.41, 5.74) is 0. The molecule has 1 saturated carbocycles. The minimum atomic E-state index is -3.49. The molecule has 0 spiro atoms. The van der Waals surface area contributed by atoms with Gasteiger partial charge in [0.25, 0.3) is 10.0 Å². The monoisotopic (exact) mass is 305 g/mol. The first-order valence-corrected chi connectivity index (χ1v) is 8.44. The van der Waals surface area contributed by atoms with Crippen molar-refractivity contribution in [1.29, 1.82) is 0 Å². The fourth-order valence-electron chi connectivity index (χ4n) is 2.28. The Kier molecular flexibility index (Phi) is 4.53. The van der Waals surface area contributed by atoms with Crippen molar-refractivity contribution in [3.8, 4) is 0 Å². The summed E-state index contributed by atoms with van der Waals surface area (Å²) in [6, 6.07) is 0. The molecule has 0 radical (unpaired) electrons. The highest BCUT2D eigenvalue weighted by atomic mass is 35.5. The van der Waals surface area contributed by atoms with Crippen LogP contribution in [0.1, 0.15) is 31.5 Å². The maximum absolute atomic E-state index is 12.1. The Labute approximate surface area is 119 Å². The van der Waals surface area contributed by atoms with Crippen molar-refractivity contribution in [2.75, 3.05) is 6.54 Å². The first-order valence-electron chi connectivity index (χ1n) is 6.52. The minimum Gasteiger partial charge on any atom is -0.337 e. The largest absolute Gasteiger partial charge is 0.337 e. The fraction of sp³-hybridized carbons (Fsp3) is 0.750. The molecule has 1 aromatic rings. The van der Waals surface area contributed by atoms with Gasteiger partial charge in [-0.1, -0.05) is 0 Å². The molecule has 2 rings (SSSR count). The van der Waals surface area contributed by atoms with Crippen molar-refractivity contribution in [3.05, 3.63) is 12.0 Å². The predicted molar refractivity (Wildman–Crippen MR) is 74.7 cm³/mol. The number of nitrogens with zero attached hydrogens (tertiary/aromatic N) is 2. The highest BCUT2D eigenvalue weighted by Crippen LogP contribution is 2.27. The van der Waals surface area contributed by atoms with E-state index >= 15 is 0 Å². The summed E-state index contributed by atoms with van der Waals surface area (Å²) in [4.78, 5) is 4.05. The number of halogens is 1. The van der Waals surface area contributed by atoms with Crippen molar-refractivity contribution in [2.45, 2.75) is 43.0 Å². The van der Waals surface area contributed by atoms with E-state index in [0.717, 1.165) is 25.7 Å². The van der Waals surface area contributed by atoms with E-state index < -0.39 is 10.0 Å². The zero-order chi connectivity index (χ0) is 14.0. The van der Waals surface area contributed by atoms with Crippen LogP contribution in [0.2, 0.25) is 0 Å². The van der Waals surface area contributed by atoms with Crippen molar-refractivity contribution >= 4 is 21.6 Å². The summed E-state index contributed by atoms with van der Waals surface area (Å²) in [7, 11) is -1.71. The minimum absolute atomic E-state index is 0.0959. The normalized spacial score (nSPS) is 24.6. The second-order valence-electron chi connectivity index (χ2n) is 5.21. The van der Waals surface area contributed by atoms with Gasteiger partial charge >= 0.3 is 0 Å². The number of alkyl halides is 1. The number of aromatic nitrogens is 2. The van der Waals surface area contributed by atoms with Crippen LogP contribution in [0.15, 0.2) is 11.2 Å². The number of hydrogen-bond acceptors (Lipinski definition) is 3. The second kappa shape index (κ2) is 5.81. The number of hydrogen-bond donors (Lipinski definition) is 1. The topological polar surface area (TPSA) is 64.0 Å². The fourth-order valence-corrected chi connectivity index (χ4v) is 3.69. The molecule has 0 bridgehead atoms. The summed E-state index contributed by atoms with van der Waals surface area (Å²) >= 11 is 6.04. The van der Waals surface area contributed by atoms with Crippen LogP contribution >= 0.6 is 11.6 Å².